The molecule has 0 bridgehead atoms. The standard InChI is InChI=1S/C19H14ClFO4/c1-2-11-6-7-13-12(9-17(22)25-16(13)8-11)10-24-19(23)18-14(20)4-3-5-15(18)21/h3-9H,2,10H2,1H3. The minimum absolute atomic E-state index is 0.0324. The highest BCUT2D eigenvalue weighted by Gasteiger charge is 2.18. The summed E-state index contributed by atoms with van der Waals surface area (Å²) in [6.07, 6.45) is 0.796. The number of carbonyl (C=O) groups is 1. The summed E-state index contributed by atoms with van der Waals surface area (Å²) in [7, 11) is 0. The van der Waals surface area contributed by atoms with Gasteiger partial charge in [-0.15, -0.1) is 0 Å². The van der Waals surface area contributed by atoms with Gasteiger partial charge in [-0.1, -0.05) is 36.7 Å². The van der Waals surface area contributed by atoms with E-state index in [2.05, 4.69) is 0 Å². The van der Waals surface area contributed by atoms with Gasteiger partial charge < -0.3 is 9.15 Å². The van der Waals surface area contributed by atoms with Crippen LogP contribution in [-0.2, 0) is 17.8 Å². The summed E-state index contributed by atoms with van der Waals surface area (Å²) in [6.45, 7) is 1.79. The SMILES string of the molecule is CCc1ccc2c(COC(=O)c3c(F)cccc3Cl)cc(=O)oc2c1. The number of halogens is 2. The molecule has 0 unspecified atom stereocenters. The fraction of sp³-hybridized carbons (Fsp3) is 0.158. The number of benzene rings is 2. The second-order valence-electron chi connectivity index (χ2n) is 5.45. The zero-order valence-electron chi connectivity index (χ0n) is 13.3. The van der Waals surface area contributed by atoms with Crippen LogP contribution in [0.15, 0.2) is 51.7 Å². The van der Waals surface area contributed by atoms with Crippen molar-refractivity contribution in [2.45, 2.75) is 20.0 Å². The molecule has 6 heteroatoms. The number of aryl methyl sites for hydroxylation is 1. The van der Waals surface area contributed by atoms with Gasteiger partial charge in [0.25, 0.3) is 0 Å². The van der Waals surface area contributed by atoms with Gasteiger partial charge >= 0.3 is 11.6 Å². The van der Waals surface area contributed by atoms with Crippen LogP contribution < -0.4 is 5.63 Å². The summed E-state index contributed by atoms with van der Waals surface area (Å²) in [4.78, 5) is 23.9. The number of rotatable bonds is 4. The third kappa shape index (κ3) is 3.56. The van der Waals surface area contributed by atoms with Gasteiger partial charge in [-0.3, -0.25) is 0 Å². The smallest absolute Gasteiger partial charge is 0.342 e. The summed E-state index contributed by atoms with van der Waals surface area (Å²) in [6, 6.07) is 10.7. The first-order chi connectivity index (χ1) is 12.0. The topological polar surface area (TPSA) is 56.5 Å². The molecule has 0 N–H and O–H groups in total. The fourth-order valence-electron chi connectivity index (χ4n) is 2.52. The molecule has 0 amide bonds. The van der Waals surface area contributed by atoms with Gasteiger partial charge in [0.1, 0.15) is 23.6 Å². The van der Waals surface area contributed by atoms with Crippen LogP contribution in [0.4, 0.5) is 4.39 Å². The first-order valence-corrected chi connectivity index (χ1v) is 8.04. The highest BCUT2D eigenvalue weighted by molar-refractivity contribution is 6.33. The minimum atomic E-state index is -0.894. The molecule has 3 aromatic rings. The average molecular weight is 361 g/mol. The van der Waals surface area contributed by atoms with Crippen LogP contribution >= 0.6 is 11.6 Å². The van der Waals surface area contributed by atoms with Crippen molar-refractivity contribution in [3.8, 4) is 0 Å². The number of ether oxygens (including phenoxy) is 1. The van der Waals surface area contributed by atoms with Gasteiger partial charge in [-0.25, -0.2) is 14.0 Å². The van der Waals surface area contributed by atoms with Crippen LogP contribution in [-0.4, -0.2) is 5.97 Å². The van der Waals surface area contributed by atoms with Crippen molar-refractivity contribution in [2.24, 2.45) is 0 Å². The quantitative estimate of drug-likeness (QED) is 0.507. The lowest BCUT2D eigenvalue weighted by Gasteiger charge is -2.09. The average Bonchev–Trinajstić information content (AvgIpc) is 2.58. The molecule has 25 heavy (non-hydrogen) atoms. The lowest BCUT2D eigenvalue weighted by atomic mass is 10.1. The molecule has 0 spiro atoms. The molecule has 0 aliphatic carbocycles. The van der Waals surface area contributed by atoms with Gasteiger partial charge in [-0.2, -0.15) is 0 Å². The molecular formula is C19H14ClFO4. The summed E-state index contributed by atoms with van der Waals surface area (Å²) in [5, 5.41) is 0.624. The highest BCUT2D eigenvalue weighted by Crippen LogP contribution is 2.23. The second kappa shape index (κ2) is 7.07. The monoisotopic (exact) mass is 360 g/mol. The summed E-state index contributed by atoms with van der Waals surface area (Å²) in [5.74, 6) is -1.66. The van der Waals surface area contributed by atoms with Crippen molar-refractivity contribution in [1.82, 2.24) is 0 Å². The molecule has 3 rings (SSSR count). The Balaban J connectivity index is 1.91. The zero-order chi connectivity index (χ0) is 18.0. The lowest BCUT2D eigenvalue weighted by Crippen LogP contribution is -2.10. The first kappa shape index (κ1) is 17.2. The Bertz CT molecular complexity index is 990. The normalized spacial score (nSPS) is 10.8. The van der Waals surface area contributed by atoms with Crippen LogP contribution in [0.25, 0.3) is 11.0 Å². The number of fused-ring (bicyclic) bond motifs is 1. The molecule has 0 saturated carbocycles. The highest BCUT2D eigenvalue weighted by atomic mass is 35.5. The Hall–Kier alpha value is -2.66. The van der Waals surface area contributed by atoms with E-state index in [1.807, 2.05) is 13.0 Å². The van der Waals surface area contributed by atoms with Crippen LogP contribution in [0.1, 0.15) is 28.4 Å². The van der Waals surface area contributed by atoms with Crippen LogP contribution in [0.3, 0.4) is 0 Å². The summed E-state index contributed by atoms with van der Waals surface area (Å²) >= 11 is 5.85. The van der Waals surface area contributed by atoms with E-state index < -0.39 is 17.4 Å². The number of hydrogen-bond donors (Lipinski definition) is 0. The van der Waals surface area contributed by atoms with Gasteiger partial charge in [0.15, 0.2) is 0 Å². The van der Waals surface area contributed by atoms with Gasteiger partial charge in [0.2, 0.25) is 0 Å². The number of hydrogen-bond acceptors (Lipinski definition) is 4. The molecular weight excluding hydrogens is 347 g/mol. The van der Waals surface area contributed by atoms with Crippen molar-refractivity contribution in [3.05, 3.63) is 80.4 Å². The lowest BCUT2D eigenvalue weighted by molar-refractivity contribution is 0.0468. The molecule has 0 atom stereocenters. The second-order valence-corrected chi connectivity index (χ2v) is 5.85. The molecule has 128 valence electrons. The van der Waals surface area contributed by atoms with E-state index in [1.54, 1.807) is 12.1 Å². The van der Waals surface area contributed by atoms with E-state index in [0.29, 0.717) is 16.5 Å². The Labute approximate surface area is 147 Å². The van der Waals surface area contributed by atoms with Gasteiger partial charge in [0, 0.05) is 17.0 Å². The fourth-order valence-corrected chi connectivity index (χ4v) is 2.76. The van der Waals surface area contributed by atoms with Crippen molar-refractivity contribution in [2.75, 3.05) is 0 Å². The third-order valence-electron chi connectivity index (χ3n) is 3.83. The minimum Gasteiger partial charge on any atom is -0.457 e. The first-order valence-electron chi connectivity index (χ1n) is 7.66. The molecule has 2 aromatic carbocycles. The number of esters is 1. The molecule has 0 saturated heterocycles. The van der Waals surface area contributed by atoms with E-state index in [1.165, 1.54) is 18.2 Å². The molecule has 1 aromatic heterocycles. The summed E-state index contributed by atoms with van der Waals surface area (Å²) in [5.41, 5.74) is 1.04. The van der Waals surface area contributed by atoms with Crippen LogP contribution in [0.2, 0.25) is 5.02 Å². The van der Waals surface area contributed by atoms with E-state index in [-0.39, 0.29) is 17.2 Å². The molecule has 1 heterocycles. The Morgan fingerprint density at radius 1 is 1.24 bits per heavy atom. The predicted molar refractivity (Wildman–Crippen MR) is 92.4 cm³/mol. The Morgan fingerprint density at radius 2 is 2.04 bits per heavy atom. The zero-order valence-corrected chi connectivity index (χ0v) is 14.1. The molecule has 0 radical (unpaired) electrons. The Morgan fingerprint density at radius 3 is 2.76 bits per heavy atom. The number of carbonyl (C=O) groups excluding carboxylic acids is 1. The Kier molecular flexibility index (Phi) is 4.86. The maximum absolute atomic E-state index is 13.8. The molecule has 0 fully saturated rings. The molecule has 0 aliphatic rings. The van der Waals surface area contributed by atoms with Crippen LogP contribution in [0, 0.1) is 5.82 Å². The van der Waals surface area contributed by atoms with Gasteiger partial charge in [-0.05, 0) is 30.2 Å². The van der Waals surface area contributed by atoms with Gasteiger partial charge in [0.05, 0.1) is 5.02 Å². The van der Waals surface area contributed by atoms with Crippen LogP contribution in [0.5, 0.6) is 0 Å². The van der Waals surface area contributed by atoms with Crippen molar-refractivity contribution in [1.29, 1.82) is 0 Å². The maximum atomic E-state index is 13.8. The predicted octanol–water partition coefficient (Wildman–Crippen LogP) is 4.50. The maximum Gasteiger partial charge on any atom is 0.342 e. The molecule has 4 nitrogen and oxygen atoms in total. The van der Waals surface area contributed by atoms with E-state index >= 15 is 0 Å². The third-order valence-corrected chi connectivity index (χ3v) is 4.14. The van der Waals surface area contributed by atoms with Crippen molar-refractivity contribution in [3.63, 3.8) is 0 Å². The van der Waals surface area contributed by atoms with Crippen molar-refractivity contribution < 1.29 is 18.3 Å². The van der Waals surface area contributed by atoms with E-state index in [0.717, 1.165) is 18.1 Å². The largest absolute Gasteiger partial charge is 0.457 e. The van der Waals surface area contributed by atoms with E-state index in [4.69, 9.17) is 20.8 Å². The van der Waals surface area contributed by atoms with Crippen molar-refractivity contribution >= 4 is 28.5 Å². The molecule has 0 aliphatic heterocycles. The summed E-state index contributed by atoms with van der Waals surface area (Å²) < 4.78 is 24.1. The van der Waals surface area contributed by atoms with E-state index in [9.17, 15) is 14.0 Å².